The number of rotatable bonds is 2. The first-order chi connectivity index (χ1) is 9.11. The van der Waals surface area contributed by atoms with Gasteiger partial charge in [-0.3, -0.25) is 0 Å². The van der Waals surface area contributed by atoms with Gasteiger partial charge in [0.2, 0.25) is 0 Å². The van der Waals surface area contributed by atoms with E-state index in [-0.39, 0.29) is 0 Å². The van der Waals surface area contributed by atoms with E-state index in [4.69, 9.17) is 11.6 Å². The van der Waals surface area contributed by atoms with Gasteiger partial charge >= 0.3 is 0 Å². The summed E-state index contributed by atoms with van der Waals surface area (Å²) in [5.74, 6) is 0. The second kappa shape index (κ2) is 5.15. The molecular weight excluding hydrogens is 346 g/mol. The van der Waals surface area contributed by atoms with Gasteiger partial charge in [0.05, 0.1) is 16.1 Å². The third-order valence-corrected chi connectivity index (χ3v) is 4.32. The van der Waals surface area contributed by atoms with Crippen molar-refractivity contribution in [2.75, 3.05) is 0 Å². The van der Waals surface area contributed by atoms with Gasteiger partial charge in [0, 0.05) is 10.7 Å². The molecule has 1 N–H and O–H groups in total. The molecule has 96 valence electrons. The number of imidazole rings is 1. The van der Waals surface area contributed by atoms with Crippen molar-refractivity contribution < 1.29 is 0 Å². The monoisotopic (exact) mass is 353 g/mol. The molecule has 0 bridgehead atoms. The zero-order valence-corrected chi connectivity index (χ0v) is 13.1. The number of hydrogen-bond acceptors (Lipinski definition) is 3. The zero-order chi connectivity index (χ0) is 13.4. The number of halogens is 2. The Hall–Kier alpha value is -1.04. The van der Waals surface area contributed by atoms with Crippen molar-refractivity contribution in [3.63, 3.8) is 0 Å². The van der Waals surface area contributed by atoms with Crippen LogP contribution in [0.1, 0.15) is 5.56 Å². The number of H-pyrrole nitrogens is 1. The highest BCUT2D eigenvalue weighted by Gasteiger charge is 2.09. The normalized spacial score (nSPS) is 11.1. The van der Waals surface area contributed by atoms with Crippen LogP contribution < -0.4 is 0 Å². The van der Waals surface area contributed by atoms with E-state index in [9.17, 15) is 0 Å². The van der Waals surface area contributed by atoms with Crippen LogP contribution in [0.5, 0.6) is 0 Å². The fourth-order valence-electron chi connectivity index (χ4n) is 1.72. The molecule has 3 nitrogen and oxygen atoms in total. The predicted molar refractivity (Wildman–Crippen MR) is 81.9 cm³/mol. The molecule has 0 aliphatic heterocycles. The molecule has 0 atom stereocenters. The molecule has 0 amide bonds. The predicted octanol–water partition coefficient (Wildman–Crippen LogP) is 4.83. The number of fused-ring (bicyclic) bond motifs is 1. The maximum absolute atomic E-state index is 6.15. The molecule has 0 radical (unpaired) electrons. The summed E-state index contributed by atoms with van der Waals surface area (Å²) in [6.45, 7) is 2.06. The van der Waals surface area contributed by atoms with E-state index >= 15 is 0 Å². The SMILES string of the molecule is Cc1ccc2nc(Sc3ncc(Br)cc3Cl)[nH]c2c1. The Morgan fingerprint density at radius 2 is 2.16 bits per heavy atom. The first-order valence-electron chi connectivity index (χ1n) is 5.57. The van der Waals surface area contributed by atoms with Gasteiger partial charge in [0.25, 0.3) is 0 Å². The van der Waals surface area contributed by atoms with Crippen molar-refractivity contribution in [1.29, 1.82) is 0 Å². The van der Waals surface area contributed by atoms with Gasteiger partial charge in [-0.2, -0.15) is 0 Å². The standard InChI is InChI=1S/C13H9BrClN3S/c1-7-2-3-10-11(4-7)18-13(17-10)19-12-9(15)5-8(14)6-16-12/h2-6H,1H3,(H,17,18). The Kier molecular flexibility index (Phi) is 3.52. The van der Waals surface area contributed by atoms with Crippen LogP contribution in [-0.4, -0.2) is 15.0 Å². The van der Waals surface area contributed by atoms with E-state index in [2.05, 4.69) is 43.9 Å². The molecule has 1 aromatic carbocycles. The second-order valence-corrected chi connectivity index (χ2v) is 6.41. The van der Waals surface area contributed by atoms with Crippen molar-refractivity contribution in [1.82, 2.24) is 15.0 Å². The molecule has 0 fully saturated rings. The minimum Gasteiger partial charge on any atom is -0.333 e. The maximum Gasteiger partial charge on any atom is 0.172 e. The highest BCUT2D eigenvalue weighted by Crippen LogP contribution is 2.32. The van der Waals surface area contributed by atoms with Crippen LogP contribution in [0.25, 0.3) is 11.0 Å². The van der Waals surface area contributed by atoms with Crippen molar-refractivity contribution in [3.05, 3.63) is 45.5 Å². The van der Waals surface area contributed by atoms with Crippen LogP contribution >= 0.6 is 39.3 Å². The van der Waals surface area contributed by atoms with Crippen molar-refractivity contribution in [3.8, 4) is 0 Å². The van der Waals surface area contributed by atoms with Crippen LogP contribution in [0.2, 0.25) is 5.02 Å². The average Bonchev–Trinajstić information content (AvgIpc) is 2.74. The van der Waals surface area contributed by atoms with E-state index < -0.39 is 0 Å². The quantitative estimate of drug-likeness (QED) is 0.716. The van der Waals surface area contributed by atoms with Crippen molar-refractivity contribution in [2.24, 2.45) is 0 Å². The van der Waals surface area contributed by atoms with E-state index in [1.165, 1.54) is 17.3 Å². The number of benzene rings is 1. The lowest BCUT2D eigenvalue weighted by atomic mass is 10.2. The van der Waals surface area contributed by atoms with Crippen LogP contribution in [0.4, 0.5) is 0 Å². The number of pyridine rings is 1. The minimum atomic E-state index is 0.607. The Labute approximate surface area is 127 Å². The van der Waals surface area contributed by atoms with Crippen LogP contribution in [0, 0.1) is 6.92 Å². The summed E-state index contributed by atoms with van der Waals surface area (Å²) < 4.78 is 0.863. The minimum absolute atomic E-state index is 0.607. The molecule has 3 aromatic rings. The number of nitrogens with zero attached hydrogens (tertiary/aromatic N) is 2. The van der Waals surface area contributed by atoms with E-state index in [0.29, 0.717) is 5.02 Å². The summed E-state index contributed by atoms with van der Waals surface area (Å²) in [5.41, 5.74) is 3.17. The van der Waals surface area contributed by atoms with Gasteiger partial charge in [-0.25, -0.2) is 9.97 Å². The Morgan fingerprint density at radius 1 is 1.32 bits per heavy atom. The van der Waals surface area contributed by atoms with Crippen LogP contribution in [0.3, 0.4) is 0 Å². The summed E-state index contributed by atoms with van der Waals surface area (Å²) in [6.07, 6.45) is 1.72. The number of hydrogen-bond donors (Lipinski definition) is 1. The fourth-order valence-corrected chi connectivity index (χ4v) is 3.21. The summed E-state index contributed by atoms with van der Waals surface area (Å²) in [7, 11) is 0. The lowest BCUT2D eigenvalue weighted by Crippen LogP contribution is -1.83. The van der Waals surface area contributed by atoms with Crippen LogP contribution in [-0.2, 0) is 0 Å². The second-order valence-electron chi connectivity index (χ2n) is 4.11. The third-order valence-electron chi connectivity index (χ3n) is 2.58. The van der Waals surface area contributed by atoms with Gasteiger partial charge in [-0.1, -0.05) is 17.7 Å². The van der Waals surface area contributed by atoms with Crippen molar-refractivity contribution >= 4 is 50.3 Å². The first kappa shape index (κ1) is 13.0. The molecule has 2 heterocycles. The van der Waals surface area contributed by atoms with Crippen LogP contribution in [0.15, 0.2) is 45.1 Å². The number of nitrogens with one attached hydrogen (secondary N) is 1. The van der Waals surface area contributed by atoms with E-state index in [1.807, 2.05) is 18.2 Å². The average molecular weight is 355 g/mol. The Balaban J connectivity index is 1.96. The Bertz CT molecular complexity index is 757. The molecule has 6 heteroatoms. The summed E-state index contributed by atoms with van der Waals surface area (Å²) in [4.78, 5) is 12.1. The molecule has 0 aliphatic carbocycles. The van der Waals surface area contributed by atoms with Gasteiger partial charge in [0.1, 0.15) is 5.03 Å². The lowest BCUT2D eigenvalue weighted by Gasteiger charge is -2.00. The summed E-state index contributed by atoms with van der Waals surface area (Å²) >= 11 is 10.9. The topological polar surface area (TPSA) is 41.6 Å². The summed E-state index contributed by atoms with van der Waals surface area (Å²) in [5, 5.41) is 2.13. The molecule has 0 unspecified atom stereocenters. The Morgan fingerprint density at radius 3 is 2.95 bits per heavy atom. The van der Waals surface area contributed by atoms with Gasteiger partial charge in [0.15, 0.2) is 5.16 Å². The molecule has 0 saturated heterocycles. The number of aromatic nitrogens is 3. The lowest BCUT2D eigenvalue weighted by molar-refractivity contribution is 1.05. The molecule has 19 heavy (non-hydrogen) atoms. The molecule has 2 aromatic heterocycles. The molecule has 0 saturated carbocycles. The fraction of sp³-hybridized carbons (Fsp3) is 0.0769. The van der Waals surface area contributed by atoms with E-state index in [1.54, 1.807) is 6.20 Å². The van der Waals surface area contributed by atoms with Gasteiger partial charge < -0.3 is 4.98 Å². The smallest absolute Gasteiger partial charge is 0.172 e. The summed E-state index contributed by atoms with van der Waals surface area (Å²) in [6, 6.07) is 7.94. The highest BCUT2D eigenvalue weighted by molar-refractivity contribution is 9.10. The molecule has 3 rings (SSSR count). The zero-order valence-electron chi connectivity index (χ0n) is 9.95. The molecule has 0 spiro atoms. The highest BCUT2D eigenvalue weighted by atomic mass is 79.9. The van der Waals surface area contributed by atoms with Gasteiger partial charge in [-0.15, -0.1) is 0 Å². The van der Waals surface area contributed by atoms with Gasteiger partial charge in [-0.05, 0) is 58.4 Å². The first-order valence-corrected chi connectivity index (χ1v) is 7.56. The molecular formula is C13H9BrClN3S. The maximum atomic E-state index is 6.15. The largest absolute Gasteiger partial charge is 0.333 e. The molecule has 0 aliphatic rings. The van der Waals surface area contributed by atoms with Crippen molar-refractivity contribution in [2.45, 2.75) is 17.1 Å². The number of aromatic amines is 1. The number of aryl methyl sites for hydroxylation is 1. The van der Waals surface area contributed by atoms with E-state index in [0.717, 1.165) is 25.7 Å². The third kappa shape index (κ3) is 2.78.